The van der Waals surface area contributed by atoms with E-state index >= 15 is 0 Å². The van der Waals surface area contributed by atoms with E-state index < -0.39 is 5.82 Å². The van der Waals surface area contributed by atoms with Gasteiger partial charge in [-0.1, -0.05) is 24.5 Å². The van der Waals surface area contributed by atoms with E-state index in [9.17, 15) is 9.18 Å². The Labute approximate surface area is 108 Å². The lowest BCUT2D eigenvalue weighted by molar-refractivity contribution is 0.0768. The van der Waals surface area contributed by atoms with Crippen molar-refractivity contribution in [3.63, 3.8) is 0 Å². The second kappa shape index (κ2) is 5.51. The van der Waals surface area contributed by atoms with E-state index in [0.717, 1.165) is 12.1 Å². The molecule has 18 heavy (non-hydrogen) atoms. The summed E-state index contributed by atoms with van der Waals surface area (Å²) < 4.78 is 13.6. The quantitative estimate of drug-likeness (QED) is 0.804. The van der Waals surface area contributed by atoms with Crippen LogP contribution in [0.3, 0.4) is 0 Å². The molecule has 0 aliphatic heterocycles. The molecule has 0 bridgehead atoms. The molecular formula is C15H20FNO. The topological polar surface area (TPSA) is 20.3 Å². The molecule has 1 aromatic carbocycles. The zero-order valence-corrected chi connectivity index (χ0v) is 11.1. The molecule has 0 heterocycles. The summed E-state index contributed by atoms with van der Waals surface area (Å²) in [6, 6.07) is 4.68. The van der Waals surface area contributed by atoms with Crippen LogP contribution in [0.2, 0.25) is 0 Å². The van der Waals surface area contributed by atoms with Gasteiger partial charge in [0.25, 0.3) is 5.91 Å². The summed E-state index contributed by atoms with van der Waals surface area (Å²) in [5.41, 5.74) is 1.10. The molecular weight excluding hydrogens is 229 g/mol. The molecule has 2 rings (SSSR count). The van der Waals surface area contributed by atoms with Crippen LogP contribution in [-0.4, -0.2) is 24.4 Å². The molecule has 1 aromatic rings. The van der Waals surface area contributed by atoms with Gasteiger partial charge in [0.15, 0.2) is 0 Å². The van der Waals surface area contributed by atoms with Crippen LogP contribution in [0.5, 0.6) is 0 Å². The van der Waals surface area contributed by atoms with Gasteiger partial charge < -0.3 is 4.90 Å². The molecule has 1 aliphatic carbocycles. The molecule has 0 saturated heterocycles. The second-order valence-electron chi connectivity index (χ2n) is 5.32. The minimum atomic E-state index is -0.427. The van der Waals surface area contributed by atoms with E-state index in [4.69, 9.17) is 0 Å². The number of nitrogens with zero attached hydrogens (tertiary/aromatic N) is 1. The Kier molecular flexibility index (Phi) is 4.00. The summed E-state index contributed by atoms with van der Waals surface area (Å²) in [6.45, 7) is 2.61. The second-order valence-corrected chi connectivity index (χ2v) is 5.32. The van der Waals surface area contributed by atoms with Gasteiger partial charge >= 0.3 is 0 Å². The van der Waals surface area contributed by atoms with Gasteiger partial charge in [0, 0.05) is 13.6 Å². The molecule has 0 N–H and O–H groups in total. The van der Waals surface area contributed by atoms with E-state index in [1.54, 1.807) is 24.1 Å². The van der Waals surface area contributed by atoms with Gasteiger partial charge in [0.2, 0.25) is 0 Å². The van der Waals surface area contributed by atoms with E-state index in [-0.39, 0.29) is 11.5 Å². The van der Waals surface area contributed by atoms with Crippen molar-refractivity contribution in [1.82, 2.24) is 4.90 Å². The molecule has 0 spiro atoms. The Morgan fingerprint density at radius 3 is 2.72 bits per heavy atom. The third-order valence-electron chi connectivity index (χ3n) is 3.71. The van der Waals surface area contributed by atoms with E-state index in [2.05, 4.69) is 0 Å². The Hall–Kier alpha value is -1.38. The molecule has 3 heteroatoms. The molecule has 1 saturated carbocycles. The normalized spacial score (nSPS) is 15.9. The number of amides is 1. The van der Waals surface area contributed by atoms with Crippen LogP contribution in [0, 0.1) is 18.7 Å². The first-order valence-electron chi connectivity index (χ1n) is 6.59. The van der Waals surface area contributed by atoms with E-state index in [0.29, 0.717) is 5.92 Å². The number of halogens is 1. The summed E-state index contributed by atoms with van der Waals surface area (Å²) in [7, 11) is 1.77. The molecule has 0 atom stereocenters. The number of carbonyl (C=O) groups excluding carboxylic acids is 1. The number of hydrogen-bond acceptors (Lipinski definition) is 1. The van der Waals surface area contributed by atoms with Crippen LogP contribution in [0.1, 0.15) is 41.6 Å². The van der Waals surface area contributed by atoms with Crippen molar-refractivity contribution in [3.8, 4) is 0 Å². The monoisotopic (exact) mass is 249 g/mol. The van der Waals surface area contributed by atoms with Crippen LogP contribution < -0.4 is 0 Å². The fraction of sp³-hybridized carbons (Fsp3) is 0.533. The first-order chi connectivity index (χ1) is 8.58. The Morgan fingerprint density at radius 1 is 1.39 bits per heavy atom. The van der Waals surface area contributed by atoms with Crippen molar-refractivity contribution in [3.05, 3.63) is 35.1 Å². The summed E-state index contributed by atoms with van der Waals surface area (Å²) >= 11 is 0. The van der Waals surface area contributed by atoms with Crippen molar-refractivity contribution in [2.24, 2.45) is 5.92 Å². The first kappa shape index (κ1) is 13.1. The lowest BCUT2D eigenvalue weighted by Gasteiger charge is -2.21. The molecule has 98 valence electrons. The molecule has 0 radical (unpaired) electrons. The van der Waals surface area contributed by atoms with Gasteiger partial charge in [-0.05, 0) is 37.8 Å². The lowest BCUT2D eigenvalue weighted by atomic mass is 10.1. The highest BCUT2D eigenvalue weighted by Crippen LogP contribution is 2.25. The van der Waals surface area contributed by atoms with Crippen LogP contribution in [0.25, 0.3) is 0 Å². The standard InChI is InChI=1S/C15H20FNO/c1-11-7-8-14(16)13(9-11)15(18)17(2)10-12-5-3-4-6-12/h7-9,12H,3-6,10H2,1-2H3. The van der Waals surface area contributed by atoms with Crippen LogP contribution in [0.4, 0.5) is 4.39 Å². The number of rotatable bonds is 3. The number of benzene rings is 1. The molecule has 0 unspecified atom stereocenters. The predicted octanol–water partition coefficient (Wildman–Crippen LogP) is 3.40. The van der Waals surface area contributed by atoms with Gasteiger partial charge in [0.05, 0.1) is 5.56 Å². The molecule has 1 amide bonds. The van der Waals surface area contributed by atoms with Crippen molar-refractivity contribution < 1.29 is 9.18 Å². The SMILES string of the molecule is Cc1ccc(F)c(C(=O)N(C)CC2CCCC2)c1. The van der Waals surface area contributed by atoms with E-state index in [1.807, 2.05) is 6.92 Å². The minimum absolute atomic E-state index is 0.190. The highest BCUT2D eigenvalue weighted by Gasteiger charge is 2.21. The first-order valence-corrected chi connectivity index (χ1v) is 6.59. The summed E-state index contributed by atoms with van der Waals surface area (Å²) in [5, 5.41) is 0. The third kappa shape index (κ3) is 2.89. The maximum atomic E-state index is 13.6. The van der Waals surface area contributed by atoms with Crippen molar-refractivity contribution in [1.29, 1.82) is 0 Å². The molecule has 0 aromatic heterocycles. The van der Waals surface area contributed by atoms with Gasteiger partial charge in [0.1, 0.15) is 5.82 Å². The van der Waals surface area contributed by atoms with Gasteiger partial charge in [-0.2, -0.15) is 0 Å². The highest BCUT2D eigenvalue weighted by atomic mass is 19.1. The van der Waals surface area contributed by atoms with Crippen molar-refractivity contribution >= 4 is 5.91 Å². The van der Waals surface area contributed by atoms with Crippen molar-refractivity contribution in [2.45, 2.75) is 32.6 Å². The summed E-state index contributed by atoms with van der Waals surface area (Å²) in [4.78, 5) is 13.9. The predicted molar refractivity (Wildman–Crippen MR) is 70.1 cm³/mol. The maximum Gasteiger partial charge on any atom is 0.256 e. The largest absolute Gasteiger partial charge is 0.341 e. The lowest BCUT2D eigenvalue weighted by Crippen LogP contribution is -2.31. The molecule has 1 fully saturated rings. The number of aryl methyl sites for hydroxylation is 1. The van der Waals surface area contributed by atoms with Gasteiger partial charge in [-0.25, -0.2) is 4.39 Å². The number of carbonyl (C=O) groups is 1. The zero-order chi connectivity index (χ0) is 13.1. The molecule has 1 aliphatic rings. The summed E-state index contributed by atoms with van der Waals surface area (Å²) in [5.74, 6) is -0.0428. The average Bonchev–Trinajstić information content (AvgIpc) is 2.84. The zero-order valence-electron chi connectivity index (χ0n) is 11.1. The average molecular weight is 249 g/mol. The fourth-order valence-electron chi connectivity index (χ4n) is 2.67. The minimum Gasteiger partial charge on any atom is -0.341 e. The van der Waals surface area contributed by atoms with Crippen LogP contribution in [0.15, 0.2) is 18.2 Å². The van der Waals surface area contributed by atoms with Gasteiger partial charge in [-0.3, -0.25) is 4.79 Å². The Balaban J connectivity index is 2.07. The maximum absolute atomic E-state index is 13.6. The summed E-state index contributed by atoms with van der Waals surface area (Å²) in [6.07, 6.45) is 4.89. The highest BCUT2D eigenvalue weighted by molar-refractivity contribution is 5.94. The van der Waals surface area contributed by atoms with E-state index in [1.165, 1.54) is 31.7 Å². The number of hydrogen-bond donors (Lipinski definition) is 0. The van der Waals surface area contributed by atoms with Crippen LogP contribution in [-0.2, 0) is 0 Å². The van der Waals surface area contributed by atoms with Gasteiger partial charge in [-0.15, -0.1) is 0 Å². The molecule has 2 nitrogen and oxygen atoms in total. The van der Waals surface area contributed by atoms with Crippen molar-refractivity contribution in [2.75, 3.05) is 13.6 Å². The Bertz CT molecular complexity index is 438. The fourth-order valence-corrected chi connectivity index (χ4v) is 2.67. The smallest absolute Gasteiger partial charge is 0.256 e. The van der Waals surface area contributed by atoms with Crippen LogP contribution >= 0.6 is 0 Å². The third-order valence-corrected chi connectivity index (χ3v) is 3.71. The Morgan fingerprint density at radius 2 is 2.06 bits per heavy atom.